The van der Waals surface area contributed by atoms with Crippen molar-refractivity contribution in [1.29, 1.82) is 0 Å². The molecule has 0 aliphatic heterocycles. The van der Waals surface area contributed by atoms with E-state index in [1.807, 2.05) is 6.92 Å². The van der Waals surface area contributed by atoms with Crippen molar-refractivity contribution in [2.45, 2.75) is 42.6 Å². The van der Waals surface area contributed by atoms with E-state index in [0.29, 0.717) is 6.04 Å². The van der Waals surface area contributed by atoms with E-state index >= 15 is 0 Å². The number of benzene rings is 1. The van der Waals surface area contributed by atoms with Crippen molar-refractivity contribution in [3.8, 4) is 0 Å². The van der Waals surface area contributed by atoms with Crippen LogP contribution in [-0.4, -0.2) is 15.4 Å². The molecule has 1 N–H and O–H groups in total. The van der Waals surface area contributed by atoms with Crippen molar-refractivity contribution in [2.75, 3.05) is 0 Å². The zero-order valence-corrected chi connectivity index (χ0v) is 12.4. The fourth-order valence-corrected chi connectivity index (χ4v) is 3.22. The van der Waals surface area contributed by atoms with Crippen molar-refractivity contribution in [3.63, 3.8) is 0 Å². The average Bonchev–Trinajstić information content (AvgIpc) is 2.73. The standard InChI is InChI=1S/C13H17N3S2/c1-9(2)14-8-11-6-4-5-7-12(11)17-13-15-10(3)16-18-13/h4-7,9,14H,8H2,1-3H3. The highest BCUT2D eigenvalue weighted by Gasteiger charge is 2.07. The molecular formula is C13H17N3S2. The molecular weight excluding hydrogens is 262 g/mol. The van der Waals surface area contributed by atoms with Gasteiger partial charge in [0.05, 0.1) is 0 Å². The number of hydrogen-bond donors (Lipinski definition) is 1. The molecule has 0 bridgehead atoms. The monoisotopic (exact) mass is 279 g/mol. The van der Waals surface area contributed by atoms with Crippen LogP contribution in [-0.2, 0) is 6.54 Å². The van der Waals surface area contributed by atoms with Crippen LogP contribution >= 0.6 is 23.3 Å². The fourth-order valence-electron chi connectivity index (χ4n) is 1.48. The molecule has 0 saturated heterocycles. The summed E-state index contributed by atoms with van der Waals surface area (Å²) in [5.74, 6) is 0.847. The number of nitrogens with zero attached hydrogens (tertiary/aromatic N) is 2. The Morgan fingerprint density at radius 1 is 1.33 bits per heavy atom. The van der Waals surface area contributed by atoms with Crippen LogP contribution in [0.2, 0.25) is 0 Å². The number of hydrogen-bond acceptors (Lipinski definition) is 5. The van der Waals surface area contributed by atoms with Gasteiger partial charge in [-0.05, 0) is 30.1 Å². The minimum Gasteiger partial charge on any atom is -0.310 e. The lowest BCUT2D eigenvalue weighted by atomic mass is 10.2. The van der Waals surface area contributed by atoms with Gasteiger partial charge in [-0.3, -0.25) is 0 Å². The smallest absolute Gasteiger partial charge is 0.174 e. The second kappa shape index (κ2) is 6.31. The molecule has 0 fully saturated rings. The molecule has 18 heavy (non-hydrogen) atoms. The second-order valence-corrected chi connectivity index (χ2v) is 6.39. The zero-order chi connectivity index (χ0) is 13.0. The van der Waals surface area contributed by atoms with Gasteiger partial charge in [0.2, 0.25) is 0 Å². The van der Waals surface area contributed by atoms with Gasteiger partial charge in [0.25, 0.3) is 0 Å². The summed E-state index contributed by atoms with van der Waals surface area (Å²) in [5.41, 5.74) is 1.31. The third kappa shape index (κ3) is 3.80. The van der Waals surface area contributed by atoms with E-state index in [1.54, 1.807) is 11.8 Å². The van der Waals surface area contributed by atoms with Gasteiger partial charge in [0, 0.05) is 17.5 Å². The Morgan fingerprint density at radius 2 is 2.11 bits per heavy atom. The highest BCUT2D eigenvalue weighted by Crippen LogP contribution is 2.31. The maximum absolute atomic E-state index is 4.39. The molecule has 1 aromatic heterocycles. The van der Waals surface area contributed by atoms with Crippen molar-refractivity contribution in [3.05, 3.63) is 35.7 Å². The molecule has 2 rings (SSSR count). The summed E-state index contributed by atoms with van der Waals surface area (Å²) in [5, 5.41) is 3.45. The Bertz CT molecular complexity index is 508. The molecule has 0 saturated carbocycles. The zero-order valence-electron chi connectivity index (χ0n) is 10.8. The number of aromatic nitrogens is 2. The van der Waals surface area contributed by atoms with E-state index in [-0.39, 0.29) is 0 Å². The minimum absolute atomic E-state index is 0.492. The summed E-state index contributed by atoms with van der Waals surface area (Å²) in [6.07, 6.45) is 0. The summed E-state index contributed by atoms with van der Waals surface area (Å²) < 4.78 is 5.21. The Morgan fingerprint density at radius 3 is 2.78 bits per heavy atom. The summed E-state index contributed by atoms with van der Waals surface area (Å²) >= 11 is 3.15. The van der Waals surface area contributed by atoms with Crippen LogP contribution in [0, 0.1) is 6.92 Å². The van der Waals surface area contributed by atoms with E-state index in [4.69, 9.17) is 0 Å². The van der Waals surface area contributed by atoms with Crippen LogP contribution in [0.3, 0.4) is 0 Å². The van der Waals surface area contributed by atoms with Gasteiger partial charge >= 0.3 is 0 Å². The van der Waals surface area contributed by atoms with Crippen molar-refractivity contribution in [2.24, 2.45) is 0 Å². The van der Waals surface area contributed by atoms with Gasteiger partial charge < -0.3 is 5.32 Å². The van der Waals surface area contributed by atoms with Crippen LogP contribution in [0.15, 0.2) is 33.5 Å². The highest BCUT2D eigenvalue weighted by atomic mass is 32.2. The molecule has 1 aromatic carbocycles. The predicted octanol–water partition coefficient (Wildman–Crippen LogP) is 3.50. The van der Waals surface area contributed by atoms with Gasteiger partial charge in [0.1, 0.15) is 5.82 Å². The van der Waals surface area contributed by atoms with Crippen LogP contribution in [0.1, 0.15) is 25.2 Å². The van der Waals surface area contributed by atoms with Crippen LogP contribution in [0.5, 0.6) is 0 Å². The largest absolute Gasteiger partial charge is 0.310 e. The second-order valence-electron chi connectivity index (χ2n) is 4.35. The molecule has 96 valence electrons. The molecule has 3 nitrogen and oxygen atoms in total. The molecule has 0 aliphatic carbocycles. The van der Waals surface area contributed by atoms with E-state index in [2.05, 4.69) is 52.8 Å². The van der Waals surface area contributed by atoms with Gasteiger partial charge in [-0.2, -0.15) is 4.37 Å². The first kappa shape index (κ1) is 13.5. The third-order valence-corrected chi connectivity index (χ3v) is 4.34. The minimum atomic E-state index is 0.492. The first-order valence-corrected chi connectivity index (χ1v) is 7.53. The molecule has 0 amide bonds. The summed E-state index contributed by atoms with van der Waals surface area (Å²) in [4.78, 5) is 5.64. The van der Waals surface area contributed by atoms with E-state index in [1.165, 1.54) is 22.0 Å². The molecule has 5 heteroatoms. The SMILES string of the molecule is Cc1nsc(Sc2ccccc2CNC(C)C)n1. The van der Waals surface area contributed by atoms with Gasteiger partial charge in [-0.25, -0.2) is 4.98 Å². The highest BCUT2D eigenvalue weighted by molar-refractivity contribution is 8.01. The first-order valence-electron chi connectivity index (χ1n) is 5.94. The molecule has 0 unspecified atom stereocenters. The molecule has 0 radical (unpaired) electrons. The number of nitrogens with one attached hydrogen (secondary N) is 1. The Balaban J connectivity index is 2.11. The van der Waals surface area contributed by atoms with Gasteiger partial charge in [-0.1, -0.05) is 43.8 Å². The topological polar surface area (TPSA) is 37.8 Å². The van der Waals surface area contributed by atoms with Crippen LogP contribution in [0.4, 0.5) is 0 Å². The maximum Gasteiger partial charge on any atom is 0.174 e. The van der Waals surface area contributed by atoms with Crippen molar-refractivity contribution in [1.82, 2.24) is 14.7 Å². The number of aryl methyl sites for hydroxylation is 1. The quantitative estimate of drug-likeness (QED) is 0.909. The van der Waals surface area contributed by atoms with Gasteiger partial charge in [0.15, 0.2) is 4.34 Å². The normalized spacial score (nSPS) is 11.1. The summed E-state index contributed by atoms with van der Waals surface area (Å²) in [6, 6.07) is 8.93. The lowest BCUT2D eigenvalue weighted by Crippen LogP contribution is -2.22. The van der Waals surface area contributed by atoms with E-state index in [0.717, 1.165) is 16.7 Å². The Hall–Kier alpha value is -0.910. The predicted molar refractivity (Wildman–Crippen MR) is 77.2 cm³/mol. The van der Waals surface area contributed by atoms with Crippen LogP contribution in [0.25, 0.3) is 0 Å². The Labute approximate surface area is 116 Å². The Kier molecular flexibility index (Phi) is 4.74. The van der Waals surface area contributed by atoms with Crippen molar-refractivity contribution < 1.29 is 0 Å². The fraction of sp³-hybridized carbons (Fsp3) is 0.385. The lowest BCUT2D eigenvalue weighted by molar-refractivity contribution is 0.585. The molecule has 2 aromatic rings. The first-order chi connectivity index (χ1) is 8.65. The van der Waals surface area contributed by atoms with E-state index in [9.17, 15) is 0 Å². The lowest BCUT2D eigenvalue weighted by Gasteiger charge is -2.11. The molecule has 1 heterocycles. The summed E-state index contributed by atoms with van der Waals surface area (Å²) in [6.45, 7) is 7.12. The van der Waals surface area contributed by atoms with Crippen molar-refractivity contribution >= 4 is 23.3 Å². The maximum atomic E-state index is 4.39. The van der Waals surface area contributed by atoms with Gasteiger partial charge in [-0.15, -0.1) is 0 Å². The number of rotatable bonds is 5. The molecule has 0 atom stereocenters. The van der Waals surface area contributed by atoms with E-state index < -0.39 is 0 Å². The summed E-state index contributed by atoms with van der Waals surface area (Å²) in [7, 11) is 0. The molecule has 0 aliphatic rings. The molecule has 0 spiro atoms. The average molecular weight is 279 g/mol. The van der Waals surface area contributed by atoms with Crippen LogP contribution < -0.4 is 5.32 Å². The third-order valence-electron chi connectivity index (χ3n) is 2.38.